The zero-order valence-corrected chi connectivity index (χ0v) is 24.8. The lowest BCUT2D eigenvalue weighted by molar-refractivity contribution is -0.204. The van der Waals surface area contributed by atoms with Gasteiger partial charge in [0.25, 0.3) is 0 Å². The van der Waals surface area contributed by atoms with Gasteiger partial charge < -0.3 is 4.52 Å². The molecule has 0 amide bonds. The zero-order valence-electron chi connectivity index (χ0n) is 23.9. The molecule has 1 aliphatic heterocycles. The van der Waals surface area contributed by atoms with Gasteiger partial charge in [0.1, 0.15) is 0 Å². The van der Waals surface area contributed by atoms with E-state index in [1.807, 2.05) is 18.2 Å². The van der Waals surface area contributed by atoms with Crippen LogP contribution in [0.15, 0.2) is 59.7 Å². The average Bonchev–Trinajstić information content (AvgIpc) is 2.76. The fraction of sp³-hybridized carbons (Fsp3) is 0.500. The minimum atomic E-state index is -1.47. The molecule has 1 fully saturated rings. The molecule has 4 rings (SSSR count). The van der Waals surface area contributed by atoms with Crippen LogP contribution in [0.1, 0.15) is 96.2 Å². The molecule has 0 aromatic heterocycles. The second-order valence-corrected chi connectivity index (χ2v) is 13.7. The molecular weight excluding hydrogens is 463 g/mol. The molecule has 3 nitrogen and oxygen atoms in total. The van der Waals surface area contributed by atoms with Crippen LogP contribution in [0, 0.1) is 25.2 Å². The lowest BCUT2D eigenvalue weighted by Gasteiger charge is -2.56. The van der Waals surface area contributed by atoms with E-state index in [4.69, 9.17) is 13.6 Å². The third kappa shape index (κ3) is 4.88. The first-order valence-corrected chi connectivity index (χ1v) is 14.2. The molecule has 2 aromatic rings. The molecule has 36 heavy (non-hydrogen) atoms. The molecule has 1 aliphatic carbocycles. The first kappa shape index (κ1) is 27.3. The Labute approximate surface area is 219 Å². The van der Waals surface area contributed by atoms with Crippen molar-refractivity contribution < 1.29 is 13.6 Å². The van der Waals surface area contributed by atoms with E-state index in [0.717, 1.165) is 11.1 Å². The van der Waals surface area contributed by atoms with E-state index in [9.17, 15) is 0 Å². The van der Waals surface area contributed by atoms with Gasteiger partial charge in [-0.3, -0.25) is 9.05 Å². The molecule has 1 heterocycles. The fourth-order valence-electron chi connectivity index (χ4n) is 5.25. The van der Waals surface area contributed by atoms with Crippen molar-refractivity contribution in [3.8, 4) is 0 Å². The van der Waals surface area contributed by atoms with Crippen molar-refractivity contribution in [2.24, 2.45) is 11.3 Å². The smallest absolute Gasteiger partial charge is 0.304 e. The van der Waals surface area contributed by atoms with Crippen LogP contribution in [-0.4, -0.2) is 5.79 Å². The third-order valence-electron chi connectivity index (χ3n) is 7.81. The minimum absolute atomic E-state index is 0.0417. The molecule has 1 spiro atoms. The Morgan fingerprint density at radius 2 is 1.53 bits per heavy atom. The standard InChI is InChI=1S/C32H43O3P/c1-20-17-26(30(6,7)8)19-27(22(20)3)29-23(4)21(2)18-28(31(9,10)11)32(29)34-36(35-32)33-24(5)25-15-13-12-14-16-25/h12-19,24,28H,1-11H3/t24-,28-,32?,36?/m0/s1. The van der Waals surface area contributed by atoms with E-state index < -0.39 is 14.4 Å². The Balaban J connectivity index is 1.80. The van der Waals surface area contributed by atoms with Gasteiger partial charge in [-0.25, -0.2) is 0 Å². The highest BCUT2D eigenvalue weighted by Gasteiger charge is 2.62. The van der Waals surface area contributed by atoms with Gasteiger partial charge in [0.05, 0.1) is 6.10 Å². The van der Waals surface area contributed by atoms with Gasteiger partial charge in [-0.1, -0.05) is 95.7 Å². The Bertz CT molecular complexity index is 1190. The molecule has 2 atom stereocenters. The summed E-state index contributed by atoms with van der Waals surface area (Å²) in [7, 11) is -1.47. The van der Waals surface area contributed by atoms with Crippen LogP contribution in [0.3, 0.4) is 0 Å². The van der Waals surface area contributed by atoms with Gasteiger partial charge in [-0.2, -0.15) is 0 Å². The van der Waals surface area contributed by atoms with Crippen LogP contribution in [0.4, 0.5) is 0 Å². The van der Waals surface area contributed by atoms with Crippen LogP contribution in [-0.2, 0) is 19.0 Å². The number of aryl methyl sites for hydroxylation is 1. The topological polar surface area (TPSA) is 27.7 Å². The summed E-state index contributed by atoms with van der Waals surface area (Å²) in [5.74, 6) is -0.812. The lowest BCUT2D eigenvalue weighted by Crippen LogP contribution is -2.54. The van der Waals surface area contributed by atoms with Gasteiger partial charge in [-0.15, -0.1) is 0 Å². The first-order chi connectivity index (χ1) is 16.6. The van der Waals surface area contributed by atoms with E-state index in [-0.39, 0.29) is 22.9 Å². The summed E-state index contributed by atoms with van der Waals surface area (Å²) >= 11 is 0. The Hall–Kier alpha value is -1.77. The molecule has 4 heteroatoms. The van der Waals surface area contributed by atoms with Gasteiger partial charge in [0, 0.05) is 11.5 Å². The number of benzene rings is 2. The van der Waals surface area contributed by atoms with E-state index in [0.29, 0.717) is 0 Å². The summed E-state index contributed by atoms with van der Waals surface area (Å²) in [6.45, 7) is 24.5. The van der Waals surface area contributed by atoms with E-state index in [1.165, 1.54) is 33.4 Å². The van der Waals surface area contributed by atoms with E-state index >= 15 is 0 Å². The predicted octanol–water partition coefficient (Wildman–Crippen LogP) is 9.74. The third-order valence-corrected chi connectivity index (χ3v) is 9.14. The molecule has 0 N–H and O–H groups in total. The van der Waals surface area contributed by atoms with Crippen molar-refractivity contribution in [3.63, 3.8) is 0 Å². The number of rotatable bonds is 4. The van der Waals surface area contributed by atoms with Crippen molar-refractivity contribution in [1.29, 1.82) is 0 Å². The molecule has 0 radical (unpaired) electrons. The monoisotopic (exact) mass is 506 g/mol. The summed E-state index contributed by atoms with van der Waals surface area (Å²) < 4.78 is 20.0. The molecule has 2 aliphatic rings. The van der Waals surface area contributed by atoms with Gasteiger partial charge in [-0.05, 0) is 78.8 Å². The number of hydrogen-bond donors (Lipinski definition) is 0. The van der Waals surface area contributed by atoms with Crippen molar-refractivity contribution in [2.75, 3.05) is 0 Å². The summed E-state index contributed by atoms with van der Waals surface area (Å²) in [5, 5.41) is 0. The summed E-state index contributed by atoms with van der Waals surface area (Å²) in [5.41, 5.74) is 9.90. The number of hydrogen-bond acceptors (Lipinski definition) is 3. The lowest BCUT2D eigenvalue weighted by atomic mass is 9.66. The summed E-state index contributed by atoms with van der Waals surface area (Å²) in [6, 6.07) is 15.0. The van der Waals surface area contributed by atoms with Gasteiger partial charge >= 0.3 is 8.60 Å². The second kappa shape index (κ2) is 9.52. The maximum absolute atomic E-state index is 6.82. The molecule has 194 valence electrons. The van der Waals surface area contributed by atoms with Gasteiger partial charge in [0.2, 0.25) is 5.79 Å². The van der Waals surface area contributed by atoms with Crippen LogP contribution in [0.2, 0.25) is 0 Å². The highest BCUT2D eigenvalue weighted by Crippen LogP contribution is 2.70. The zero-order chi connectivity index (χ0) is 26.6. The quantitative estimate of drug-likeness (QED) is 0.386. The maximum atomic E-state index is 6.82. The fourth-order valence-corrected chi connectivity index (χ4v) is 6.58. The Morgan fingerprint density at radius 1 is 0.917 bits per heavy atom. The SMILES string of the molecule is CC1=C[C@@H](C(C)(C)C)C2(OP(O[C@@H](C)c3ccccc3)O2)C(c2cc(C(C)(C)C)cc(C)c2C)=C1C. The molecule has 0 bridgehead atoms. The molecular formula is C32H43O3P. The highest BCUT2D eigenvalue weighted by molar-refractivity contribution is 7.43. The molecule has 0 saturated carbocycles. The van der Waals surface area contributed by atoms with Crippen molar-refractivity contribution in [1.82, 2.24) is 0 Å². The normalized spacial score (nSPS) is 25.6. The predicted molar refractivity (Wildman–Crippen MR) is 152 cm³/mol. The molecule has 0 unspecified atom stereocenters. The maximum Gasteiger partial charge on any atom is 0.339 e. The van der Waals surface area contributed by atoms with E-state index in [2.05, 4.69) is 107 Å². The Morgan fingerprint density at radius 3 is 2.08 bits per heavy atom. The summed E-state index contributed by atoms with van der Waals surface area (Å²) in [6.07, 6.45) is 2.24. The van der Waals surface area contributed by atoms with Crippen molar-refractivity contribution >= 4 is 14.2 Å². The van der Waals surface area contributed by atoms with Gasteiger partial charge in [0.15, 0.2) is 0 Å². The first-order valence-electron chi connectivity index (χ1n) is 13.1. The van der Waals surface area contributed by atoms with Crippen LogP contribution < -0.4 is 0 Å². The molecule has 1 saturated heterocycles. The highest BCUT2D eigenvalue weighted by atomic mass is 31.2. The van der Waals surface area contributed by atoms with Crippen LogP contribution in [0.5, 0.6) is 0 Å². The largest absolute Gasteiger partial charge is 0.339 e. The average molecular weight is 507 g/mol. The van der Waals surface area contributed by atoms with Crippen LogP contribution >= 0.6 is 8.60 Å². The Kier molecular flexibility index (Phi) is 7.21. The van der Waals surface area contributed by atoms with Crippen molar-refractivity contribution in [3.05, 3.63) is 87.5 Å². The number of allylic oxidation sites excluding steroid dienone is 2. The minimum Gasteiger partial charge on any atom is -0.304 e. The van der Waals surface area contributed by atoms with Crippen molar-refractivity contribution in [2.45, 2.75) is 93.5 Å². The molecule has 2 aromatic carbocycles. The second-order valence-electron chi connectivity index (χ2n) is 12.6. The summed E-state index contributed by atoms with van der Waals surface area (Å²) in [4.78, 5) is 0. The van der Waals surface area contributed by atoms with E-state index in [1.54, 1.807) is 0 Å². The van der Waals surface area contributed by atoms with Crippen LogP contribution in [0.25, 0.3) is 5.57 Å².